The summed E-state index contributed by atoms with van der Waals surface area (Å²) in [7, 11) is 1.92. The van der Waals surface area contributed by atoms with Crippen LogP contribution in [0.25, 0.3) is 0 Å². The smallest absolute Gasteiger partial charge is 0.123 e. The molecular formula is C11H16FNO. The monoisotopic (exact) mass is 197 g/mol. The molecule has 2 nitrogen and oxygen atoms in total. The van der Waals surface area contributed by atoms with Gasteiger partial charge >= 0.3 is 0 Å². The van der Waals surface area contributed by atoms with Crippen molar-refractivity contribution in [2.45, 2.75) is 20.0 Å². The third-order valence-electron chi connectivity index (χ3n) is 2.33. The Morgan fingerprint density at radius 1 is 1.50 bits per heavy atom. The third kappa shape index (κ3) is 2.23. The summed E-state index contributed by atoms with van der Waals surface area (Å²) in [4.78, 5) is 1.97. The second-order valence-corrected chi connectivity index (χ2v) is 3.39. The number of benzene rings is 1. The van der Waals surface area contributed by atoms with E-state index in [1.807, 2.05) is 18.9 Å². The van der Waals surface area contributed by atoms with E-state index in [-0.39, 0.29) is 5.82 Å². The average molecular weight is 197 g/mol. The van der Waals surface area contributed by atoms with Gasteiger partial charge in [-0.05, 0) is 32.0 Å². The lowest BCUT2D eigenvalue weighted by atomic mass is 10.1. The molecule has 0 bridgehead atoms. The molecule has 3 heteroatoms. The molecule has 1 aromatic rings. The summed E-state index contributed by atoms with van der Waals surface area (Å²) >= 11 is 0. The van der Waals surface area contributed by atoms with Crippen molar-refractivity contribution in [1.82, 2.24) is 0 Å². The van der Waals surface area contributed by atoms with E-state index < -0.39 is 6.10 Å². The van der Waals surface area contributed by atoms with E-state index in [1.165, 1.54) is 12.1 Å². The number of nitrogens with zero attached hydrogens (tertiary/aromatic N) is 1. The van der Waals surface area contributed by atoms with E-state index >= 15 is 0 Å². The third-order valence-corrected chi connectivity index (χ3v) is 2.33. The number of aliphatic hydroxyl groups excluding tert-OH is 1. The van der Waals surface area contributed by atoms with Gasteiger partial charge in [0, 0.05) is 24.8 Å². The van der Waals surface area contributed by atoms with Gasteiger partial charge in [-0.1, -0.05) is 0 Å². The summed E-state index contributed by atoms with van der Waals surface area (Å²) in [6.45, 7) is 4.47. The second-order valence-electron chi connectivity index (χ2n) is 3.39. The molecule has 0 radical (unpaired) electrons. The molecule has 0 aromatic heterocycles. The highest BCUT2D eigenvalue weighted by molar-refractivity contribution is 5.54. The van der Waals surface area contributed by atoms with Gasteiger partial charge in [-0.2, -0.15) is 0 Å². The van der Waals surface area contributed by atoms with Gasteiger partial charge in [-0.15, -0.1) is 0 Å². The van der Waals surface area contributed by atoms with Gasteiger partial charge in [0.1, 0.15) is 5.82 Å². The molecule has 1 rings (SSSR count). The van der Waals surface area contributed by atoms with Gasteiger partial charge in [0.2, 0.25) is 0 Å². The van der Waals surface area contributed by atoms with Crippen LogP contribution in [-0.4, -0.2) is 18.7 Å². The summed E-state index contributed by atoms with van der Waals surface area (Å²) in [5.41, 5.74) is 1.51. The van der Waals surface area contributed by atoms with Crippen molar-refractivity contribution in [3.05, 3.63) is 29.6 Å². The quantitative estimate of drug-likeness (QED) is 0.804. The number of hydrogen-bond acceptors (Lipinski definition) is 2. The standard InChI is InChI=1S/C11H16FNO/c1-4-13(3)11-6-5-9(12)7-10(11)8(2)14/h5-8,14H,4H2,1-3H3/t8-/m1/s1. The average Bonchev–Trinajstić information content (AvgIpc) is 2.16. The topological polar surface area (TPSA) is 23.5 Å². The maximum absolute atomic E-state index is 12.9. The first-order valence-electron chi connectivity index (χ1n) is 4.75. The lowest BCUT2D eigenvalue weighted by Gasteiger charge is -2.21. The Morgan fingerprint density at radius 2 is 2.14 bits per heavy atom. The summed E-state index contributed by atoms with van der Waals surface area (Å²) in [5.74, 6) is -0.311. The maximum Gasteiger partial charge on any atom is 0.123 e. The first-order chi connectivity index (χ1) is 6.56. The molecule has 0 aliphatic rings. The van der Waals surface area contributed by atoms with E-state index in [9.17, 15) is 9.50 Å². The Bertz CT molecular complexity index is 312. The van der Waals surface area contributed by atoms with Gasteiger partial charge < -0.3 is 10.0 Å². The molecule has 0 aliphatic carbocycles. The highest BCUT2D eigenvalue weighted by Crippen LogP contribution is 2.26. The lowest BCUT2D eigenvalue weighted by Crippen LogP contribution is -2.18. The lowest BCUT2D eigenvalue weighted by molar-refractivity contribution is 0.199. The van der Waals surface area contributed by atoms with Crippen molar-refractivity contribution in [3.8, 4) is 0 Å². The van der Waals surface area contributed by atoms with E-state index in [0.29, 0.717) is 5.56 Å². The van der Waals surface area contributed by atoms with E-state index in [1.54, 1.807) is 13.0 Å². The molecule has 0 fully saturated rings. The molecule has 0 saturated carbocycles. The molecule has 14 heavy (non-hydrogen) atoms. The minimum Gasteiger partial charge on any atom is -0.389 e. The molecule has 1 aromatic carbocycles. The molecule has 0 heterocycles. The SMILES string of the molecule is CCN(C)c1ccc(F)cc1[C@@H](C)O. The van der Waals surface area contributed by atoms with Gasteiger partial charge in [0.15, 0.2) is 0 Å². The van der Waals surface area contributed by atoms with E-state index in [4.69, 9.17) is 0 Å². The number of halogens is 1. The van der Waals surface area contributed by atoms with E-state index in [2.05, 4.69) is 0 Å². The largest absolute Gasteiger partial charge is 0.389 e. The number of aliphatic hydroxyl groups is 1. The normalized spacial score (nSPS) is 12.6. The van der Waals surface area contributed by atoms with Crippen LogP contribution in [0.1, 0.15) is 25.5 Å². The molecular weight excluding hydrogens is 181 g/mol. The Labute approximate surface area is 84.0 Å². The zero-order valence-electron chi connectivity index (χ0n) is 8.79. The van der Waals surface area contributed by atoms with Gasteiger partial charge in [0.05, 0.1) is 6.10 Å². The minimum atomic E-state index is -0.644. The highest BCUT2D eigenvalue weighted by Gasteiger charge is 2.11. The zero-order chi connectivity index (χ0) is 10.7. The van der Waals surface area contributed by atoms with Crippen LogP contribution >= 0.6 is 0 Å². The Hall–Kier alpha value is -1.09. The molecule has 1 atom stereocenters. The van der Waals surface area contributed by atoms with Crippen molar-refractivity contribution in [3.63, 3.8) is 0 Å². The molecule has 0 amide bonds. The van der Waals surface area contributed by atoms with Crippen LogP contribution in [0.5, 0.6) is 0 Å². The van der Waals surface area contributed by atoms with Gasteiger partial charge in [0.25, 0.3) is 0 Å². The van der Waals surface area contributed by atoms with Crippen molar-refractivity contribution < 1.29 is 9.50 Å². The summed E-state index contributed by atoms with van der Waals surface area (Å²) in [6.07, 6.45) is -0.644. The molecule has 78 valence electrons. The molecule has 0 saturated heterocycles. The van der Waals surface area contributed by atoms with Crippen LogP contribution in [0.2, 0.25) is 0 Å². The molecule has 0 unspecified atom stereocenters. The predicted octanol–water partition coefficient (Wildman–Crippen LogP) is 2.34. The van der Waals surface area contributed by atoms with Crippen molar-refractivity contribution in [2.75, 3.05) is 18.5 Å². The fraction of sp³-hybridized carbons (Fsp3) is 0.455. The fourth-order valence-corrected chi connectivity index (χ4v) is 1.38. The van der Waals surface area contributed by atoms with Crippen molar-refractivity contribution in [2.24, 2.45) is 0 Å². The van der Waals surface area contributed by atoms with Crippen LogP contribution in [0.3, 0.4) is 0 Å². The van der Waals surface area contributed by atoms with Crippen LogP contribution in [0.4, 0.5) is 10.1 Å². The van der Waals surface area contributed by atoms with Crippen LogP contribution < -0.4 is 4.90 Å². The molecule has 0 spiro atoms. The number of anilines is 1. The summed E-state index contributed by atoms with van der Waals surface area (Å²) in [6, 6.07) is 4.49. The fourth-order valence-electron chi connectivity index (χ4n) is 1.38. The van der Waals surface area contributed by atoms with E-state index in [0.717, 1.165) is 12.2 Å². The van der Waals surface area contributed by atoms with Crippen LogP contribution in [0.15, 0.2) is 18.2 Å². The summed E-state index contributed by atoms with van der Waals surface area (Å²) in [5, 5.41) is 9.48. The van der Waals surface area contributed by atoms with Crippen LogP contribution in [-0.2, 0) is 0 Å². The van der Waals surface area contributed by atoms with Crippen molar-refractivity contribution >= 4 is 5.69 Å². The van der Waals surface area contributed by atoms with Gasteiger partial charge in [-0.3, -0.25) is 0 Å². The maximum atomic E-state index is 12.9. The van der Waals surface area contributed by atoms with Crippen molar-refractivity contribution in [1.29, 1.82) is 0 Å². The Balaban J connectivity index is 3.14. The van der Waals surface area contributed by atoms with Gasteiger partial charge in [-0.25, -0.2) is 4.39 Å². The predicted molar refractivity (Wildman–Crippen MR) is 56.0 cm³/mol. The number of rotatable bonds is 3. The molecule has 1 N–H and O–H groups in total. The van der Waals surface area contributed by atoms with Crippen LogP contribution in [0, 0.1) is 5.82 Å². The summed E-state index contributed by atoms with van der Waals surface area (Å²) < 4.78 is 12.9. The Morgan fingerprint density at radius 3 is 2.64 bits per heavy atom. The number of hydrogen-bond donors (Lipinski definition) is 1. The first kappa shape index (κ1) is 11.0. The Kier molecular flexibility index (Phi) is 3.47. The second kappa shape index (κ2) is 4.42. The molecule has 0 aliphatic heterocycles. The minimum absolute atomic E-state index is 0.311. The zero-order valence-corrected chi connectivity index (χ0v) is 8.79. The first-order valence-corrected chi connectivity index (χ1v) is 4.75. The highest BCUT2D eigenvalue weighted by atomic mass is 19.1.